The van der Waals surface area contributed by atoms with Crippen LogP contribution in [0.2, 0.25) is 0 Å². The molecule has 3 aromatic heterocycles. The van der Waals surface area contributed by atoms with E-state index < -0.39 is 11.2 Å². The molecule has 3 heterocycles. The Morgan fingerprint density at radius 2 is 1.68 bits per heavy atom. The maximum absolute atomic E-state index is 13.4. The lowest BCUT2D eigenvalue weighted by molar-refractivity contribution is 0.707. The Balaban J connectivity index is 1.61. The highest BCUT2D eigenvalue weighted by Crippen LogP contribution is 2.37. The van der Waals surface area contributed by atoms with Gasteiger partial charge in [-0.2, -0.15) is 0 Å². The Morgan fingerprint density at radius 1 is 0.919 bits per heavy atom. The second-order valence-electron chi connectivity index (χ2n) is 8.90. The minimum atomic E-state index is -0.444. The van der Waals surface area contributed by atoms with Gasteiger partial charge in [0.15, 0.2) is 5.65 Å². The van der Waals surface area contributed by atoms with E-state index in [1.54, 1.807) is 7.05 Å². The summed E-state index contributed by atoms with van der Waals surface area (Å²) >= 11 is 1.49. The number of hydrogen-bond donors (Lipinski definition) is 2. The lowest BCUT2D eigenvalue weighted by atomic mass is 10.0. The Hall–Kier alpha value is -4.34. The maximum atomic E-state index is 13.4. The molecule has 3 N–H and O–H groups in total. The largest absolute Gasteiger partial charge is 0.366 e. The van der Waals surface area contributed by atoms with Crippen LogP contribution in [0.4, 0.5) is 5.82 Å². The first kappa shape index (κ1) is 23.1. The van der Waals surface area contributed by atoms with Gasteiger partial charge in [-0.3, -0.25) is 13.9 Å². The fourth-order valence-electron chi connectivity index (χ4n) is 4.81. The zero-order chi connectivity index (χ0) is 25.7. The minimum absolute atomic E-state index is 0.137. The fraction of sp³-hybridized carbons (Fsp3) is 0.143. The van der Waals surface area contributed by atoms with Gasteiger partial charge < -0.3 is 11.1 Å². The van der Waals surface area contributed by atoms with Crippen LogP contribution >= 0.6 is 11.3 Å². The highest BCUT2D eigenvalue weighted by atomic mass is 32.1. The molecule has 0 radical (unpaired) electrons. The van der Waals surface area contributed by atoms with Crippen molar-refractivity contribution in [2.75, 3.05) is 5.32 Å². The summed E-state index contributed by atoms with van der Waals surface area (Å²) in [4.78, 5) is 35.9. The molecule has 0 saturated heterocycles. The van der Waals surface area contributed by atoms with Crippen molar-refractivity contribution < 1.29 is 0 Å². The van der Waals surface area contributed by atoms with Crippen LogP contribution in [0.3, 0.4) is 0 Å². The standard InChI is InChI=1S/C28H24N6O2S/c1-33-25-23(27(35)34(2)28(33)36)22(26-31-20-12-5-6-13-21(20)37-26)19(14-29)24(32-25)30-15-17-10-7-9-16-8-3-4-11-18(16)17/h3-13H,14-15,29H2,1-2H3,(H,30,32). The predicted molar refractivity (Wildman–Crippen MR) is 150 cm³/mol. The summed E-state index contributed by atoms with van der Waals surface area (Å²) in [6, 6.07) is 22.2. The quantitative estimate of drug-likeness (QED) is 0.363. The summed E-state index contributed by atoms with van der Waals surface area (Å²) in [6.45, 7) is 0.628. The number of anilines is 1. The molecule has 0 amide bonds. The molecule has 8 nitrogen and oxygen atoms in total. The first-order valence-electron chi connectivity index (χ1n) is 11.9. The summed E-state index contributed by atoms with van der Waals surface area (Å²) in [5.41, 5.74) is 8.97. The Labute approximate surface area is 215 Å². The number of nitrogens with two attached hydrogens (primary N) is 1. The van der Waals surface area contributed by atoms with E-state index in [2.05, 4.69) is 29.6 Å². The monoisotopic (exact) mass is 508 g/mol. The molecule has 0 aliphatic rings. The summed E-state index contributed by atoms with van der Waals surface area (Å²) < 4.78 is 3.50. The van der Waals surface area contributed by atoms with Gasteiger partial charge in [0.2, 0.25) is 0 Å². The van der Waals surface area contributed by atoms with Crippen molar-refractivity contribution in [3.63, 3.8) is 0 Å². The number of nitrogens with one attached hydrogen (secondary N) is 1. The highest BCUT2D eigenvalue weighted by molar-refractivity contribution is 7.21. The molecule has 6 rings (SSSR count). The lowest BCUT2D eigenvalue weighted by Gasteiger charge is -2.18. The number of aryl methyl sites for hydroxylation is 1. The molecule has 0 fully saturated rings. The smallest absolute Gasteiger partial charge is 0.332 e. The number of fused-ring (bicyclic) bond motifs is 3. The Morgan fingerprint density at radius 3 is 2.49 bits per heavy atom. The predicted octanol–water partition coefficient (Wildman–Crippen LogP) is 4.13. The second-order valence-corrected chi connectivity index (χ2v) is 9.93. The number of rotatable bonds is 5. The van der Waals surface area contributed by atoms with E-state index in [-0.39, 0.29) is 6.54 Å². The van der Waals surface area contributed by atoms with E-state index in [4.69, 9.17) is 15.7 Å². The molecule has 0 saturated carbocycles. The number of thiazole rings is 1. The van der Waals surface area contributed by atoms with Crippen molar-refractivity contribution in [3.8, 4) is 10.6 Å². The first-order valence-corrected chi connectivity index (χ1v) is 12.7. The van der Waals surface area contributed by atoms with E-state index in [1.807, 2.05) is 42.5 Å². The Kier molecular flexibility index (Phi) is 5.58. The summed E-state index contributed by atoms with van der Waals surface area (Å²) in [6.07, 6.45) is 0. The van der Waals surface area contributed by atoms with Crippen molar-refractivity contribution >= 4 is 49.2 Å². The van der Waals surface area contributed by atoms with Crippen molar-refractivity contribution in [2.24, 2.45) is 19.8 Å². The molecule has 9 heteroatoms. The number of para-hydroxylation sites is 1. The van der Waals surface area contributed by atoms with E-state index >= 15 is 0 Å². The van der Waals surface area contributed by atoms with E-state index in [0.29, 0.717) is 39.5 Å². The number of pyridine rings is 1. The highest BCUT2D eigenvalue weighted by Gasteiger charge is 2.24. The molecular weight excluding hydrogens is 484 g/mol. The third-order valence-electron chi connectivity index (χ3n) is 6.73. The molecule has 0 aliphatic heterocycles. The van der Waals surface area contributed by atoms with Crippen LogP contribution in [0, 0.1) is 0 Å². The van der Waals surface area contributed by atoms with E-state index in [0.717, 1.165) is 31.1 Å². The molecule has 184 valence electrons. The van der Waals surface area contributed by atoms with Crippen LogP contribution in [0.15, 0.2) is 76.3 Å². The Bertz CT molecular complexity index is 1910. The normalized spacial score (nSPS) is 11.5. The molecule has 0 aliphatic carbocycles. The SMILES string of the molecule is Cn1c(=O)c2c(-c3nc4ccccc4s3)c(CN)c(NCc3cccc4ccccc34)nc2n(C)c1=O. The van der Waals surface area contributed by atoms with Gasteiger partial charge in [0.1, 0.15) is 10.8 Å². The molecule has 0 unspecified atom stereocenters. The minimum Gasteiger partial charge on any atom is -0.366 e. The zero-order valence-electron chi connectivity index (χ0n) is 20.4. The maximum Gasteiger partial charge on any atom is 0.332 e. The molecule has 3 aromatic carbocycles. The van der Waals surface area contributed by atoms with Gasteiger partial charge in [0.25, 0.3) is 5.56 Å². The van der Waals surface area contributed by atoms with Gasteiger partial charge in [-0.1, -0.05) is 54.6 Å². The topological polar surface area (TPSA) is 108 Å². The summed E-state index contributed by atoms with van der Waals surface area (Å²) in [5.74, 6) is 0.528. The van der Waals surface area contributed by atoms with Crippen LogP contribution in [-0.4, -0.2) is 19.1 Å². The van der Waals surface area contributed by atoms with Crippen LogP contribution in [0.1, 0.15) is 11.1 Å². The van der Waals surface area contributed by atoms with Crippen molar-refractivity contribution in [1.82, 2.24) is 19.1 Å². The van der Waals surface area contributed by atoms with Gasteiger partial charge in [0, 0.05) is 38.3 Å². The van der Waals surface area contributed by atoms with Gasteiger partial charge >= 0.3 is 5.69 Å². The average molecular weight is 509 g/mol. The van der Waals surface area contributed by atoms with Gasteiger partial charge in [0.05, 0.1) is 15.6 Å². The van der Waals surface area contributed by atoms with Gasteiger partial charge in [-0.05, 0) is 28.5 Å². The van der Waals surface area contributed by atoms with Crippen LogP contribution < -0.4 is 22.3 Å². The van der Waals surface area contributed by atoms with Gasteiger partial charge in [-0.25, -0.2) is 14.8 Å². The van der Waals surface area contributed by atoms with Crippen LogP contribution in [0.25, 0.3) is 42.6 Å². The fourth-order valence-corrected chi connectivity index (χ4v) is 5.86. The molecule has 37 heavy (non-hydrogen) atoms. The third-order valence-corrected chi connectivity index (χ3v) is 7.78. The molecule has 0 spiro atoms. The molecular formula is C28H24N6O2S. The molecule has 0 bridgehead atoms. The van der Waals surface area contributed by atoms with Crippen molar-refractivity contribution in [1.29, 1.82) is 0 Å². The van der Waals surface area contributed by atoms with Crippen LogP contribution in [-0.2, 0) is 27.2 Å². The third kappa shape index (κ3) is 3.71. The van der Waals surface area contributed by atoms with E-state index in [1.165, 1.54) is 23.0 Å². The number of nitrogens with zero attached hydrogens (tertiary/aromatic N) is 4. The van der Waals surface area contributed by atoms with Crippen molar-refractivity contribution in [2.45, 2.75) is 13.1 Å². The zero-order valence-corrected chi connectivity index (χ0v) is 21.2. The average Bonchev–Trinajstić information content (AvgIpc) is 3.37. The van der Waals surface area contributed by atoms with Crippen LogP contribution in [0.5, 0.6) is 0 Å². The number of benzene rings is 3. The van der Waals surface area contributed by atoms with E-state index in [9.17, 15) is 9.59 Å². The summed E-state index contributed by atoms with van der Waals surface area (Å²) in [5, 5.41) is 6.73. The summed E-state index contributed by atoms with van der Waals surface area (Å²) in [7, 11) is 3.09. The molecule has 6 aromatic rings. The lowest BCUT2D eigenvalue weighted by Crippen LogP contribution is -2.38. The molecule has 0 atom stereocenters. The van der Waals surface area contributed by atoms with Crippen molar-refractivity contribution in [3.05, 3.63) is 98.7 Å². The number of hydrogen-bond acceptors (Lipinski definition) is 7. The second kappa shape index (κ2) is 8.95. The number of aromatic nitrogens is 4. The van der Waals surface area contributed by atoms with Gasteiger partial charge in [-0.15, -0.1) is 11.3 Å². The first-order chi connectivity index (χ1) is 18.0.